The van der Waals surface area contributed by atoms with Gasteiger partial charge >= 0.3 is 5.97 Å². The monoisotopic (exact) mass is 324 g/mol. The van der Waals surface area contributed by atoms with E-state index in [9.17, 15) is 4.79 Å². The van der Waals surface area contributed by atoms with E-state index in [4.69, 9.17) is 4.74 Å². The highest BCUT2D eigenvalue weighted by atomic mass is 16.5. The maximum atomic E-state index is 12.2. The minimum absolute atomic E-state index is 0.0363. The van der Waals surface area contributed by atoms with E-state index in [0.717, 1.165) is 31.6 Å². The van der Waals surface area contributed by atoms with Crippen LogP contribution in [0.1, 0.15) is 36.1 Å². The Hall–Kier alpha value is -2.07. The van der Waals surface area contributed by atoms with Gasteiger partial charge in [0.15, 0.2) is 0 Å². The lowest BCUT2D eigenvalue weighted by Crippen LogP contribution is -2.51. The molecule has 24 heavy (non-hydrogen) atoms. The predicted molar refractivity (Wildman–Crippen MR) is 96.0 cm³/mol. The number of piperidine rings is 1. The van der Waals surface area contributed by atoms with E-state index in [1.165, 1.54) is 29.1 Å². The zero-order valence-corrected chi connectivity index (χ0v) is 14.3. The van der Waals surface area contributed by atoms with Crippen LogP contribution >= 0.6 is 0 Å². The molecule has 4 nitrogen and oxygen atoms in total. The van der Waals surface area contributed by atoms with Crippen molar-refractivity contribution in [2.24, 2.45) is 5.92 Å². The van der Waals surface area contributed by atoms with E-state index >= 15 is 0 Å². The largest absolute Gasteiger partial charge is 0.469 e. The first kappa shape index (κ1) is 15.5. The first-order chi connectivity index (χ1) is 11.7. The first-order valence-corrected chi connectivity index (χ1v) is 8.75. The van der Waals surface area contributed by atoms with Crippen LogP contribution in [0.25, 0.3) is 17.0 Å². The number of ether oxygens (including phenoxy) is 1. The normalized spacial score (nSPS) is 26.2. The fraction of sp³-hybridized carbons (Fsp3) is 0.450. The molecule has 1 aliphatic carbocycles. The van der Waals surface area contributed by atoms with E-state index in [0.29, 0.717) is 12.0 Å². The van der Waals surface area contributed by atoms with E-state index in [1.807, 2.05) is 6.08 Å². The van der Waals surface area contributed by atoms with Crippen molar-refractivity contribution in [2.45, 2.75) is 31.7 Å². The molecule has 2 heterocycles. The van der Waals surface area contributed by atoms with Crippen LogP contribution in [0.5, 0.6) is 0 Å². The van der Waals surface area contributed by atoms with Crippen LogP contribution in [-0.4, -0.2) is 42.1 Å². The Bertz CT molecular complexity index is 807. The molecule has 2 aromatic rings. The van der Waals surface area contributed by atoms with Gasteiger partial charge in [-0.3, -0.25) is 9.69 Å². The lowest BCUT2D eigenvalue weighted by Gasteiger charge is -2.46. The second-order valence-electron chi connectivity index (χ2n) is 6.91. The van der Waals surface area contributed by atoms with E-state index in [-0.39, 0.29) is 11.9 Å². The molecule has 1 unspecified atom stereocenters. The Labute approximate surface area is 142 Å². The molecular weight excluding hydrogens is 300 g/mol. The van der Waals surface area contributed by atoms with E-state index in [1.54, 1.807) is 0 Å². The fourth-order valence-electron chi connectivity index (χ4n) is 4.79. The van der Waals surface area contributed by atoms with Gasteiger partial charge in [-0.2, -0.15) is 0 Å². The molecule has 1 fully saturated rings. The highest BCUT2D eigenvalue weighted by molar-refractivity contribution is 5.91. The number of rotatable bonds is 3. The molecule has 1 aliphatic heterocycles. The summed E-state index contributed by atoms with van der Waals surface area (Å²) < 4.78 is 5.04. The molecule has 1 aromatic heterocycles. The van der Waals surface area contributed by atoms with Gasteiger partial charge in [-0.05, 0) is 42.7 Å². The Kier molecular flexibility index (Phi) is 3.72. The average molecular weight is 324 g/mol. The van der Waals surface area contributed by atoms with Crippen molar-refractivity contribution in [1.82, 2.24) is 9.88 Å². The number of carbonyl (C=O) groups excluding carboxylic acids is 1. The molecule has 0 saturated carbocycles. The number of hydrogen-bond donors (Lipinski definition) is 1. The number of nitrogens with one attached hydrogen (secondary N) is 1. The minimum atomic E-state index is -0.0780. The molecule has 4 heteroatoms. The summed E-state index contributed by atoms with van der Waals surface area (Å²) in [6.07, 6.45) is 3.82. The Morgan fingerprint density at radius 1 is 1.50 bits per heavy atom. The maximum absolute atomic E-state index is 12.2. The van der Waals surface area contributed by atoms with Gasteiger partial charge in [-0.15, -0.1) is 0 Å². The van der Waals surface area contributed by atoms with Crippen molar-refractivity contribution in [1.29, 1.82) is 0 Å². The lowest BCUT2D eigenvalue weighted by molar-refractivity contribution is -0.148. The summed E-state index contributed by atoms with van der Waals surface area (Å²) in [6.45, 7) is 7.90. The van der Waals surface area contributed by atoms with E-state index in [2.05, 4.69) is 41.6 Å². The molecule has 0 spiro atoms. The van der Waals surface area contributed by atoms with Gasteiger partial charge in [-0.1, -0.05) is 25.6 Å². The third-order valence-electron chi connectivity index (χ3n) is 5.88. The second-order valence-corrected chi connectivity index (χ2v) is 6.91. The molecule has 1 saturated heterocycles. The summed E-state index contributed by atoms with van der Waals surface area (Å²) in [5.74, 6) is 0.268. The van der Waals surface area contributed by atoms with Gasteiger partial charge in [-0.25, -0.2) is 0 Å². The molecule has 2 aliphatic rings. The van der Waals surface area contributed by atoms with Crippen molar-refractivity contribution < 1.29 is 9.53 Å². The number of methoxy groups -OCH3 is 1. The van der Waals surface area contributed by atoms with Crippen LogP contribution in [0.3, 0.4) is 0 Å². The van der Waals surface area contributed by atoms with Crippen LogP contribution in [-0.2, 0) is 16.0 Å². The number of likely N-dealkylation sites (tertiary alicyclic amines) is 1. The SMILES string of the molecule is C=Cc1[nH]c2cccc3c2c1C[C@@H]1C3C[C@H](C(=O)OC)CN1CC. The van der Waals surface area contributed by atoms with E-state index < -0.39 is 0 Å². The van der Waals surface area contributed by atoms with Gasteiger partial charge in [0.2, 0.25) is 0 Å². The standard InChI is InChI=1S/C20H24N2O2/c1-4-16-15-10-18-14(13-7-6-8-17(21-16)19(13)15)9-12(20(23)24-3)11-22(18)5-2/h4,6-8,12,14,18,21H,1,5,9-11H2,2-3H3/t12-,14?,18+/m0/s1. The van der Waals surface area contributed by atoms with Crippen molar-refractivity contribution >= 4 is 22.9 Å². The molecule has 1 N–H and O–H groups in total. The number of esters is 1. The quantitative estimate of drug-likeness (QED) is 0.881. The van der Waals surface area contributed by atoms with Gasteiger partial charge in [0.1, 0.15) is 0 Å². The summed E-state index contributed by atoms with van der Waals surface area (Å²) in [4.78, 5) is 18.1. The number of likely N-dealkylation sites (N-methyl/N-ethyl adjacent to an activating group) is 1. The van der Waals surface area contributed by atoms with Gasteiger partial charge in [0.25, 0.3) is 0 Å². The zero-order chi connectivity index (χ0) is 16.8. The van der Waals surface area contributed by atoms with Crippen LogP contribution < -0.4 is 0 Å². The van der Waals surface area contributed by atoms with Crippen molar-refractivity contribution in [3.05, 3.63) is 41.6 Å². The predicted octanol–water partition coefficient (Wildman–Crippen LogP) is 3.33. The molecule has 1 aromatic carbocycles. The number of carbonyl (C=O) groups is 1. The molecule has 3 atom stereocenters. The van der Waals surface area contributed by atoms with Crippen molar-refractivity contribution in [2.75, 3.05) is 20.2 Å². The maximum Gasteiger partial charge on any atom is 0.309 e. The number of benzene rings is 1. The van der Waals surface area contributed by atoms with Crippen molar-refractivity contribution in [3.8, 4) is 0 Å². The molecule has 0 radical (unpaired) electrons. The number of nitrogens with zero attached hydrogens (tertiary/aromatic N) is 1. The Morgan fingerprint density at radius 2 is 2.33 bits per heavy atom. The summed E-state index contributed by atoms with van der Waals surface area (Å²) >= 11 is 0. The van der Waals surface area contributed by atoms with Crippen LogP contribution in [0.4, 0.5) is 0 Å². The van der Waals surface area contributed by atoms with Crippen LogP contribution in [0.15, 0.2) is 24.8 Å². The lowest BCUT2D eigenvalue weighted by atomic mass is 9.72. The molecule has 0 bridgehead atoms. The highest BCUT2D eigenvalue weighted by Gasteiger charge is 2.43. The molecule has 4 rings (SSSR count). The summed E-state index contributed by atoms with van der Waals surface area (Å²) in [6, 6.07) is 6.93. The van der Waals surface area contributed by atoms with Crippen LogP contribution in [0, 0.1) is 5.92 Å². The zero-order valence-electron chi connectivity index (χ0n) is 14.3. The van der Waals surface area contributed by atoms with Gasteiger partial charge < -0.3 is 9.72 Å². The third kappa shape index (κ3) is 2.13. The Balaban J connectivity index is 1.84. The molecule has 0 amide bonds. The van der Waals surface area contributed by atoms with Gasteiger partial charge in [0.05, 0.1) is 13.0 Å². The third-order valence-corrected chi connectivity index (χ3v) is 5.88. The molecular formula is C20H24N2O2. The molecule has 126 valence electrons. The van der Waals surface area contributed by atoms with Crippen LogP contribution in [0.2, 0.25) is 0 Å². The topological polar surface area (TPSA) is 45.3 Å². The summed E-state index contributed by atoms with van der Waals surface area (Å²) in [5, 5.41) is 1.34. The minimum Gasteiger partial charge on any atom is -0.469 e. The van der Waals surface area contributed by atoms with Crippen molar-refractivity contribution in [3.63, 3.8) is 0 Å². The first-order valence-electron chi connectivity index (χ1n) is 8.75. The smallest absolute Gasteiger partial charge is 0.309 e. The number of H-pyrrole nitrogens is 1. The second kappa shape index (κ2) is 5.78. The average Bonchev–Trinajstić information content (AvgIpc) is 2.99. The highest BCUT2D eigenvalue weighted by Crippen LogP contribution is 2.45. The fourth-order valence-corrected chi connectivity index (χ4v) is 4.79. The Morgan fingerprint density at radius 3 is 3.04 bits per heavy atom. The summed E-state index contributed by atoms with van der Waals surface area (Å²) in [5.41, 5.74) is 5.07. The van der Waals surface area contributed by atoms with Gasteiger partial charge in [0, 0.05) is 35.1 Å². The number of aromatic nitrogens is 1. The number of fused-ring (bicyclic) bond motifs is 2. The number of hydrogen-bond acceptors (Lipinski definition) is 3. The number of aromatic amines is 1. The summed E-state index contributed by atoms with van der Waals surface area (Å²) in [7, 11) is 1.49.